The molecule has 0 bridgehead atoms. The van der Waals surface area contributed by atoms with Gasteiger partial charge in [-0.05, 0) is 48.9 Å². The van der Waals surface area contributed by atoms with Crippen molar-refractivity contribution >= 4 is 40.2 Å². The van der Waals surface area contributed by atoms with Crippen LogP contribution in [0.1, 0.15) is 11.1 Å². The van der Waals surface area contributed by atoms with Crippen molar-refractivity contribution < 1.29 is 9.53 Å². The van der Waals surface area contributed by atoms with Gasteiger partial charge in [0.15, 0.2) is 0 Å². The molecule has 0 unspecified atom stereocenters. The number of halogens is 1. The first-order chi connectivity index (χ1) is 13.0. The maximum Gasteiger partial charge on any atom is 0.266 e. The predicted octanol–water partition coefficient (Wildman–Crippen LogP) is 4.75. The number of fused-ring (bicyclic) bond motifs is 1. The molecule has 2 aromatic carbocycles. The number of benzene rings is 2. The number of amides is 1. The summed E-state index contributed by atoms with van der Waals surface area (Å²) in [5.41, 5.74) is 2.79. The van der Waals surface area contributed by atoms with E-state index in [0.29, 0.717) is 17.0 Å². The van der Waals surface area contributed by atoms with E-state index in [-0.39, 0.29) is 10.7 Å². The van der Waals surface area contributed by atoms with Gasteiger partial charge in [-0.25, -0.2) is 4.98 Å². The fraction of sp³-hybridized carbons (Fsp3) is 0.0952. The van der Waals surface area contributed by atoms with Crippen molar-refractivity contribution in [2.75, 3.05) is 12.4 Å². The zero-order chi connectivity index (χ0) is 19.4. The molecular weight excluding hydrogens is 362 g/mol. The zero-order valence-corrected chi connectivity index (χ0v) is 15.5. The molecule has 27 heavy (non-hydrogen) atoms. The Morgan fingerprint density at radius 2 is 2.00 bits per heavy atom. The maximum absolute atomic E-state index is 12.4. The summed E-state index contributed by atoms with van der Waals surface area (Å²) in [6.45, 7) is 1.95. The second-order valence-corrected chi connectivity index (χ2v) is 6.23. The number of nitrogens with one attached hydrogen (secondary N) is 1. The summed E-state index contributed by atoms with van der Waals surface area (Å²) in [6, 6.07) is 16.3. The molecule has 0 radical (unpaired) electrons. The highest BCUT2D eigenvalue weighted by molar-refractivity contribution is 6.31. The van der Waals surface area contributed by atoms with Crippen molar-refractivity contribution in [1.29, 1.82) is 5.26 Å². The van der Waals surface area contributed by atoms with Crippen LogP contribution in [0.2, 0.25) is 5.15 Å². The summed E-state index contributed by atoms with van der Waals surface area (Å²) < 4.78 is 5.08. The van der Waals surface area contributed by atoms with E-state index >= 15 is 0 Å². The number of ether oxygens (including phenoxy) is 1. The minimum absolute atomic E-state index is 0.0680. The third-order valence-electron chi connectivity index (χ3n) is 4.04. The Labute approximate surface area is 161 Å². The molecule has 0 atom stereocenters. The van der Waals surface area contributed by atoms with E-state index in [0.717, 1.165) is 16.5 Å². The molecule has 3 rings (SSSR count). The Balaban J connectivity index is 1.91. The largest absolute Gasteiger partial charge is 0.497 e. The van der Waals surface area contributed by atoms with Crippen molar-refractivity contribution in [2.24, 2.45) is 0 Å². The molecule has 0 fully saturated rings. The zero-order valence-electron chi connectivity index (χ0n) is 14.8. The summed E-state index contributed by atoms with van der Waals surface area (Å²) in [5.74, 6) is 0.149. The summed E-state index contributed by atoms with van der Waals surface area (Å²) in [5, 5.41) is 13.2. The molecule has 3 aromatic rings. The van der Waals surface area contributed by atoms with Crippen LogP contribution < -0.4 is 10.1 Å². The molecule has 1 heterocycles. The highest BCUT2D eigenvalue weighted by Gasteiger charge is 2.12. The second kappa shape index (κ2) is 7.90. The van der Waals surface area contributed by atoms with Gasteiger partial charge in [-0.2, -0.15) is 5.26 Å². The number of carbonyl (C=O) groups is 1. The van der Waals surface area contributed by atoms with Crippen LogP contribution >= 0.6 is 11.6 Å². The SMILES string of the molecule is COc1ccc(NC(=O)/C(C#N)=C/c2cc3cccc(C)c3nc2Cl)cc1. The molecule has 134 valence electrons. The van der Waals surface area contributed by atoms with Crippen molar-refractivity contribution in [3.63, 3.8) is 0 Å². The Bertz CT molecular complexity index is 1080. The lowest BCUT2D eigenvalue weighted by atomic mass is 10.1. The smallest absolute Gasteiger partial charge is 0.266 e. The number of nitrogens with zero attached hydrogens (tertiary/aromatic N) is 2. The normalized spacial score (nSPS) is 11.1. The first-order valence-corrected chi connectivity index (χ1v) is 8.52. The third-order valence-corrected chi connectivity index (χ3v) is 4.34. The third kappa shape index (κ3) is 4.08. The van der Waals surface area contributed by atoms with E-state index in [9.17, 15) is 10.1 Å². The minimum atomic E-state index is -0.525. The Morgan fingerprint density at radius 1 is 1.26 bits per heavy atom. The van der Waals surface area contributed by atoms with Gasteiger partial charge in [0.2, 0.25) is 0 Å². The number of hydrogen-bond donors (Lipinski definition) is 1. The number of hydrogen-bond acceptors (Lipinski definition) is 4. The van der Waals surface area contributed by atoms with E-state index in [4.69, 9.17) is 16.3 Å². The molecule has 1 aromatic heterocycles. The van der Waals surface area contributed by atoms with Gasteiger partial charge >= 0.3 is 0 Å². The standard InChI is InChI=1S/C21H16ClN3O2/c1-13-4-3-5-14-10-15(20(22)25-19(13)14)11-16(12-23)21(26)24-17-6-8-18(27-2)9-7-17/h3-11H,1-2H3,(H,24,26)/b16-11+. The monoisotopic (exact) mass is 377 g/mol. The number of rotatable bonds is 4. The van der Waals surface area contributed by atoms with Crippen LogP contribution in [0, 0.1) is 18.3 Å². The average Bonchev–Trinajstić information content (AvgIpc) is 2.67. The number of aromatic nitrogens is 1. The van der Waals surface area contributed by atoms with Crippen molar-refractivity contribution in [2.45, 2.75) is 6.92 Å². The van der Waals surface area contributed by atoms with Gasteiger partial charge in [-0.15, -0.1) is 0 Å². The van der Waals surface area contributed by atoms with Gasteiger partial charge in [0.25, 0.3) is 5.91 Å². The highest BCUT2D eigenvalue weighted by atomic mass is 35.5. The summed E-state index contributed by atoms with van der Waals surface area (Å²) >= 11 is 6.26. The van der Waals surface area contributed by atoms with Gasteiger partial charge in [-0.3, -0.25) is 4.79 Å². The highest BCUT2D eigenvalue weighted by Crippen LogP contribution is 2.25. The van der Waals surface area contributed by atoms with Gasteiger partial charge < -0.3 is 10.1 Å². The fourth-order valence-corrected chi connectivity index (χ4v) is 2.81. The fourth-order valence-electron chi connectivity index (χ4n) is 2.62. The van der Waals surface area contributed by atoms with Crippen LogP contribution in [-0.4, -0.2) is 18.0 Å². The number of anilines is 1. The number of para-hydroxylation sites is 1. The molecule has 0 spiro atoms. The van der Waals surface area contributed by atoms with E-state index in [1.165, 1.54) is 6.08 Å². The van der Waals surface area contributed by atoms with Crippen LogP contribution in [-0.2, 0) is 4.79 Å². The van der Waals surface area contributed by atoms with E-state index in [1.807, 2.05) is 37.3 Å². The lowest BCUT2D eigenvalue weighted by Gasteiger charge is -2.07. The average molecular weight is 378 g/mol. The molecule has 1 N–H and O–H groups in total. The lowest BCUT2D eigenvalue weighted by molar-refractivity contribution is -0.112. The van der Waals surface area contributed by atoms with E-state index in [2.05, 4.69) is 10.3 Å². The van der Waals surface area contributed by atoms with Crippen molar-refractivity contribution in [3.8, 4) is 11.8 Å². The number of pyridine rings is 1. The van der Waals surface area contributed by atoms with Gasteiger partial charge in [0.05, 0.1) is 12.6 Å². The van der Waals surface area contributed by atoms with Crippen LogP contribution in [0.15, 0.2) is 54.1 Å². The number of carbonyl (C=O) groups excluding carboxylic acids is 1. The van der Waals surface area contributed by atoms with Gasteiger partial charge in [-0.1, -0.05) is 29.8 Å². The lowest BCUT2D eigenvalue weighted by Crippen LogP contribution is -2.13. The Hall–Kier alpha value is -3.36. The molecule has 0 aliphatic carbocycles. The van der Waals surface area contributed by atoms with Crippen LogP contribution in [0.4, 0.5) is 5.69 Å². The summed E-state index contributed by atoms with van der Waals surface area (Å²) in [4.78, 5) is 16.8. The van der Waals surface area contributed by atoms with E-state index in [1.54, 1.807) is 31.4 Å². The molecule has 0 saturated heterocycles. The summed E-state index contributed by atoms with van der Waals surface area (Å²) in [7, 11) is 1.56. The molecule has 5 nitrogen and oxygen atoms in total. The minimum Gasteiger partial charge on any atom is -0.497 e. The quantitative estimate of drug-likeness (QED) is 0.404. The molecule has 1 amide bonds. The van der Waals surface area contributed by atoms with Gasteiger partial charge in [0, 0.05) is 16.6 Å². The first kappa shape index (κ1) is 18.4. The van der Waals surface area contributed by atoms with Crippen LogP contribution in [0.5, 0.6) is 5.75 Å². The molecular formula is C21H16ClN3O2. The summed E-state index contributed by atoms with van der Waals surface area (Å²) in [6.07, 6.45) is 1.44. The molecule has 0 aliphatic rings. The molecule has 0 aliphatic heterocycles. The second-order valence-electron chi connectivity index (χ2n) is 5.87. The predicted molar refractivity (Wildman–Crippen MR) is 107 cm³/mol. The molecule has 6 heteroatoms. The Morgan fingerprint density at radius 3 is 2.67 bits per heavy atom. The number of aryl methyl sites for hydroxylation is 1. The maximum atomic E-state index is 12.4. The first-order valence-electron chi connectivity index (χ1n) is 8.15. The van der Waals surface area contributed by atoms with Crippen molar-refractivity contribution in [1.82, 2.24) is 4.98 Å². The topological polar surface area (TPSA) is 75.0 Å². The number of methoxy groups -OCH3 is 1. The van der Waals surface area contributed by atoms with Crippen molar-refractivity contribution in [3.05, 3.63) is 70.4 Å². The van der Waals surface area contributed by atoms with Gasteiger partial charge in [0.1, 0.15) is 22.5 Å². The number of nitriles is 1. The molecule has 0 saturated carbocycles. The van der Waals surface area contributed by atoms with Crippen LogP contribution in [0.25, 0.3) is 17.0 Å². The van der Waals surface area contributed by atoms with E-state index < -0.39 is 5.91 Å². The Kier molecular flexibility index (Phi) is 5.39. The van der Waals surface area contributed by atoms with Crippen LogP contribution in [0.3, 0.4) is 0 Å².